The van der Waals surface area contributed by atoms with Crippen LogP contribution in [0.25, 0.3) is 0 Å². The van der Waals surface area contributed by atoms with Gasteiger partial charge in [0.2, 0.25) is 0 Å². The van der Waals surface area contributed by atoms with Gasteiger partial charge in [-0.2, -0.15) is 5.10 Å². The second kappa shape index (κ2) is 6.93. The second-order valence-electron chi connectivity index (χ2n) is 6.53. The fourth-order valence-corrected chi connectivity index (χ4v) is 2.87. The number of anilines is 1. The third-order valence-electron chi connectivity index (χ3n) is 4.44. The van der Waals surface area contributed by atoms with E-state index in [2.05, 4.69) is 42.5 Å². The maximum atomic E-state index is 12.5. The van der Waals surface area contributed by atoms with E-state index in [0.29, 0.717) is 17.9 Å². The first-order chi connectivity index (χ1) is 11.9. The highest BCUT2D eigenvalue weighted by Gasteiger charge is 2.12. The van der Waals surface area contributed by atoms with Gasteiger partial charge in [-0.15, -0.1) is 0 Å². The molecule has 0 aliphatic carbocycles. The molecule has 0 spiro atoms. The van der Waals surface area contributed by atoms with Crippen LogP contribution in [0.5, 0.6) is 0 Å². The highest BCUT2D eigenvalue weighted by Crippen LogP contribution is 2.16. The number of nitrogens with one attached hydrogen (secondary N) is 1. The fourth-order valence-electron chi connectivity index (χ4n) is 2.87. The van der Waals surface area contributed by atoms with Gasteiger partial charge < -0.3 is 5.32 Å². The molecule has 3 aromatic rings. The van der Waals surface area contributed by atoms with Gasteiger partial charge in [0.1, 0.15) is 0 Å². The highest BCUT2D eigenvalue weighted by molar-refractivity contribution is 6.04. The van der Waals surface area contributed by atoms with Gasteiger partial charge in [-0.25, -0.2) is 0 Å². The summed E-state index contributed by atoms with van der Waals surface area (Å²) in [5.41, 5.74) is 6.35. The van der Waals surface area contributed by atoms with Crippen molar-refractivity contribution in [3.63, 3.8) is 0 Å². The Balaban J connectivity index is 1.80. The van der Waals surface area contributed by atoms with Crippen molar-refractivity contribution in [2.45, 2.75) is 34.2 Å². The Labute approximate surface area is 148 Å². The molecule has 0 saturated heterocycles. The van der Waals surface area contributed by atoms with E-state index in [-0.39, 0.29) is 5.91 Å². The van der Waals surface area contributed by atoms with Crippen molar-refractivity contribution in [3.05, 3.63) is 82.0 Å². The van der Waals surface area contributed by atoms with Crippen LogP contribution in [0, 0.1) is 27.7 Å². The largest absolute Gasteiger partial charge is 0.305 e. The minimum Gasteiger partial charge on any atom is -0.305 e. The van der Waals surface area contributed by atoms with Crippen LogP contribution in [-0.2, 0) is 6.54 Å². The van der Waals surface area contributed by atoms with Gasteiger partial charge in [0.05, 0.1) is 6.54 Å². The monoisotopic (exact) mass is 333 g/mol. The number of carbonyl (C=O) groups excluding carboxylic acids is 1. The van der Waals surface area contributed by atoms with Crippen LogP contribution < -0.4 is 5.32 Å². The maximum Gasteiger partial charge on any atom is 0.257 e. The van der Waals surface area contributed by atoms with Crippen LogP contribution >= 0.6 is 0 Å². The summed E-state index contributed by atoms with van der Waals surface area (Å²) in [6.07, 6.45) is 0. The first-order valence-electron chi connectivity index (χ1n) is 8.41. The van der Waals surface area contributed by atoms with Gasteiger partial charge in [0.15, 0.2) is 5.82 Å². The van der Waals surface area contributed by atoms with Crippen LogP contribution in [0.4, 0.5) is 5.82 Å². The molecule has 1 amide bonds. The molecule has 2 aromatic carbocycles. The van der Waals surface area contributed by atoms with Gasteiger partial charge in [0.25, 0.3) is 5.91 Å². The van der Waals surface area contributed by atoms with Crippen LogP contribution in [0.3, 0.4) is 0 Å². The van der Waals surface area contributed by atoms with Gasteiger partial charge in [0, 0.05) is 17.3 Å². The lowest BCUT2D eigenvalue weighted by molar-refractivity contribution is 0.102. The Morgan fingerprint density at radius 1 is 1.00 bits per heavy atom. The number of hydrogen-bond acceptors (Lipinski definition) is 2. The molecule has 128 valence electrons. The zero-order valence-corrected chi connectivity index (χ0v) is 15.1. The first kappa shape index (κ1) is 17.0. The number of aromatic nitrogens is 2. The minimum absolute atomic E-state index is 0.130. The molecule has 0 aliphatic heterocycles. The van der Waals surface area contributed by atoms with Crippen LogP contribution in [0.1, 0.15) is 38.3 Å². The minimum atomic E-state index is -0.130. The highest BCUT2D eigenvalue weighted by atomic mass is 16.1. The molecule has 25 heavy (non-hydrogen) atoms. The summed E-state index contributed by atoms with van der Waals surface area (Å²) < 4.78 is 1.93. The second-order valence-corrected chi connectivity index (χ2v) is 6.53. The van der Waals surface area contributed by atoms with Crippen molar-refractivity contribution in [3.8, 4) is 0 Å². The number of nitrogens with zero attached hydrogens (tertiary/aromatic N) is 2. The quantitative estimate of drug-likeness (QED) is 0.768. The Hall–Kier alpha value is -2.88. The Morgan fingerprint density at radius 2 is 1.76 bits per heavy atom. The molecular formula is C21H23N3O. The Morgan fingerprint density at radius 3 is 2.52 bits per heavy atom. The normalized spacial score (nSPS) is 10.7. The summed E-state index contributed by atoms with van der Waals surface area (Å²) in [6, 6.07) is 15.9. The van der Waals surface area contributed by atoms with Gasteiger partial charge >= 0.3 is 0 Å². The molecule has 4 heteroatoms. The predicted octanol–water partition coefficient (Wildman–Crippen LogP) is 4.42. The summed E-state index contributed by atoms with van der Waals surface area (Å²) in [7, 11) is 0. The molecule has 0 aliphatic rings. The molecule has 0 fully saturated rings. The zero-order chi connectivity index (χ0) is 18.0. The number of carbonyl (C=O) groups is 1. The lowest BCUT2D eigenvalue weighted by Gasteiger charge is -2.09. The average Bonchev–Trinajstić information content (AvgIpc) is 2.90. The molecule has 3 rings (SSSR count). The van der Waals surface area contributed by atoms with E-state index < -0.39 is 0 Å². The standard InChI is InChI=1S/C21H23N3O/c1-14-9-10-15(2)18(11-14)13-24-17(4)12-20(23-24)22-21(25)19-8-6-5-7-16(19)3/h5-12H,13H2,1-4H3,(H,22,23,25). The van der Waals surface area contributed by atoms with Crippen LogP contribution in [-0.4, -0.2) is 15.7 Å². The summed E-state index contributed by atoms with van der Waals surface area (Å²) in [6.45, 7) is 8.82. The van der Waals surface area contributed by atoms with E-state index in [0.717, 1.165) is 11.3 Å². The lowest BCUT2D eigenvalue weighted by Crippen LogP contribution is -2.14. The Kier molecular flexibility index (Phi) is 4.70. The Bertz CT molecular complexity index is 925. The summed E-state index contributed by atoms with van der Waals surface area (Å²) in [5, 5.41) is 7.46. The SMILES string of the molecule is Cc1ccc(C)c(Cn2nc(NC(=O)c3ccccc3C)cc2C)c1. The molecular weight excluding hydrogens is 310 g/mol. The molecule has 4 nitrogen and oxygen atoms in total. The molecule has 0 bridgehead atoms. The summed E-state index contributed by atoms with van der Waals surface area (Å²) in [4.78, 5) is 12.5. The molecule has 0 atom stereocenters. The number of aryl methyl sites for hydroxylation is 4. The molecule has 1 N–H and O–H groups in total. The molecule has 0 saturated carbocycles. The number of benzene rings is 2. The fraction of sp³-hybridized carbons (Fsp3) is 0.238. The van der Waals surface area contributed by atoms with E-state index in [1.54, 1.807) is 0 Å². The number of hydrogen-bond donors (Lipinski definition) is 1. The van der Waals surface area contributed by atoms with Crippen molar-refractivity contribution in [1.82, 2.24) is 9.78 Å². The van der Waals surface area contributed by atoms with Crippen molar-refractivity contribution < 1.29 is 4.79 Å². The number of rotatable bonds is 4. The smallest absolute Gasteiger partial charge is 0.257 e. The predicted molar refractivity (Wildman–Crippen MR) is 101 cm³/mol. The van der Waals surface area contributed by atoms with Gasteiger partial charge in [-0.3, -0.25) is 9.48 Å². The van der Waals surface area contributed by atoms with E-state index in [1.807, 2.05) is 48.9 Å². The van der Waals surface area contributed by atoms with Gasteiger partial charge in [-0.1, -0.05) is 42.0 Å². The van der Waals surface area contributed by atoms with E-state index >= 15 is 0 Å². The van der Waals surface area contributed by atoms with Crippen molar-refractivity contribution in [2.75, 3.05) is 5.32 Å². The molecule has 1 aromatic heterocycles. The summed E-state index contributed by atoms with van der Waals surface area (Å²) in [5.74, 6) is 0.450. The maximum absolute atomic E-state index is 12.5. The topological polar surface area (TPSA) is 46.9 Å². The molecule has 0 radical (unpaired) electrons. The lowest BCUT2D eigenvalue weighted by atomic mass is 10.1. The van der Waals surface area contributed by atoms with Gasteiger partial charge in [-0.05, 0) is 50.5 Å². The van der Waals surface area contributed by atoms with Crippen molar-refractivity contribution >= 4 is 11.7 Å². The third-order valence-corrected chi connectivity index (χ3v) is 4.44. The van der Waals surface area contributed by atoms with E-state index in [9.17, 15) is 4.79 Å². The van der Waals surface area contributed by atoms with Crippen LogP contribution in [0.15, 0.2) is 48.5 Å². The average molecular weight is 333 g/mol. The van der Waals surface area contributed by atoms with E-state index in [1.165, 1.54) is 16.7 Å². The third kappa shape index (κ3) is 3.79. The molecule has 0 unspecified atom stereocenters. The summed E-state index contributed by atoms with van der Waals surface area (Å²) >= 11 is 0. The van der Waals surface area contributed by atoms with Crippen molar-refractivity contribution in [1.29, 1.82) is 0 Å². The zero-order valence-electron chi connectivity index (χ0n) is 15.1. The van der Waals surface area contributed by atoms with Crippen LogP contribution in [0.2, 0.25) is 0 Å². The first-order valence-corrected chi connectivity index (χ1v) is 8.41. The molecule has 1 heterocycles. The van der Waals surface area contributed by atoms with Crippen molar-refractivity contribution in [2.24, 2.45) is 0 Å². The van der Waals surface area contributed by atoms with E-state index in [4.69, 9.17) is 0 Å². The number of amides is 1.